The fourth-order valence-corrected chi connectivity index (χ4v) is 3.41. The van der Waals surface area contributed by atoms with Crippen LogP contribution in [0.1, 0.15) is 24.0 Å². The van der Waals surface area contributed by atoms with Crippen LogP contribution < -0.4 is 5.32 Å². The highest BCUT2D eigenvalue weighted by Crippen LogP contribution is 2.47. The van der Waals surface area contributed by atoms with Gasteiger partial charge in [-0.15, -0.1) is 0 Å². The number of urea groups is 1. The normalized spacial score (nSPS) is 14.5. The van der Waals surface area contributed by atoms with Crippen LogP contribution >= 0.6 is 0 Å². The molecule has 1 aliphatic rings. The quantitative estimate of drug-likeness (QED) is 0.708. The Morgan fingerprint density at radius 3 is 2.57 bits per heavy atom. The molecule has 28 heavy (non-hydrogen) atoms. The van der Waals surface area contributed by atoms with Crippen LogP contribution in [0.5, 0.6) is 0 Å². The van der Waals surface area contributed by atoms with Crippen LogP contribution in [0.25, 0.3) is 5.69 Å². The summed E-state index contributed by atoms with van der Waals surface area (Å²) in [6, 6.07) is 16.3. The van der Waals surface area contributed by atoms with Gasteiger partial charge in [0, 0.05) is 30.8 Å². The molecule has 3 aromatic rings. The lowest BCUT2D eigenvalue weighted by molar-refractivity contribution is 0.206. The summed E-state index contributed by atoms with van der Waals surface area (Å²) in [5.41, 5.74) is 2.97. The second-order valence-corrected chi connectivity index (χ2v) is 7.43. The molecule has 1 saturated carbocycles. The lowest BCUT2D eigenvalue weighted by Crippen LogP contribution is -2.40. The van der Waals surface area contributed by atoms with Crippen LogP contribution in [0.4, 0.5) is 9.18 Å². The van der Waals surface area contributed by atoms with Crippen molar-refractivity contribution < 1.29 is 9.18 Å². The summed E-state index contributed by atoms with van der Waals surface area (Å²) in [4.78, 5) is 14.2. The minimum atomic E-state index is -0.237. The summed E-state index contributed by atoms with van der Waals surface area (Å²) in [7, 11) is 1.77. The summed E-state index contributed by atoms with van der Waals surface area (Å²) in [6.45, 7) is 1.04. The van der Waals surface area contributed by atoms with Gasteiger partial charge in [0.2, 0.25) is 0 Å². The molecule has 2 aromatic carbocycles. The van der Waals surface area contributed by atoms with E-state index in [0.29, 0.717) is 13.1 Å². The average molecular weight is 378 g/mol. The molecule has 1 fully saturated rings. The van der Waals surface area contributed by atoms with Gasteiger partial charge in [-0.1, -0.05) is 30.3 Å². The van der Waals surface area contributed by atoms with E-state index < -0.39 is 0 Å². The van der Waals surface area contributed by atoms with Crippen molar-refractivity contribution in [3.63, 3.8) is 0 Å². The maximum Gasteiger partial charge on any atom is 0.317 e. The Labute approximate surface area is 163 Å². The van der Waals surface area contributed by atoms with Crippen molar-refractivity contribution in [3.8, 4) is 5.69 Å². The highest BCUT2D eigenvalue weighted by Gasteiger charge is 2.44. The Balaban J connectivity index is 1.33. The molecule has 2 amide bonds. The SMILES string of the molecule is CN(Cc1cnn(-c2ccccc2)c1)C(=O)NCC1(c2ccc(F)cc2)CC1. The van der Waals surface area contributed by atoms with Crippen LogP contribution in [0, 0.1) is 5.82 Å². The van der Waals surface area contributed by atoms with E-state index in [4.69, 9.17) is 0 Å². The summed E-state index contributed by atoms with van der Waals surface area (Å²) < 4.78 is 14.9. The van der Waals surface area contributed by atoms with Crippen LogP contribution in [-0.2, 0) is 12.0 Å². The fraction of sp³-hybridized carbons (Fsp3) is 0.273. The molecule has 0 bridgehead atoms. The van der Waals surface area contributed by atoms with Gasteiger partial charge < -0.3 is 10.2 Å². The Bertz CT molecular complexity index is 948. The zero-order valence-corrected chi connectivity index (χ0v) is 15.8. The number of carbonyl (C=O) groups is 1. The predicted molar refractivity (Wildman–Crippen MR) is 106 cm³/mol. The van der Waals surface area contributed by atoms with Gasteiger partial charge in [0.05, 0.1) is 18.4 Å². The number of amides is 2. The number of nitrogens with one attached hydrogen (secondary N) is 1. The van der Waals surface area contributed by atoms with E-state index >= 15 is 0 Å². The monoisotopic (exact) mass is 378 g/mol. The molecule has 0 spiro atoms. The molecule has 1 N–H and O–H groups in total. The summed E-state index contributed by atoms with van der Waals surface area (Å²) in [5.74, 6) is -0.237. The zero-order chi connectivity index (χ0) is 19.6. The number of hydrogen-bond acceptors (Lipinski definition) is 2. The molecular formula is C22H23FN4O. The van der Waals surface area contributed by atoms with E-state index in [1.165, 1.54) is 12.1 Å². The van der Waals surface area contributed by atoms with Gasteiger partial charge >= 0.3 is 6.03 Å². The molecule has 0 saturated heterocycles. The molecule has 1 aliphatic carbocycles. The number of rotatable bonds is 6. The topological polar surface area (TPSA) is 50.2 Å². The minimum Gasteiger partial charge on any atom is -0.337 e. The molecule has 6 heteroatoms. The number of carbonyl (C=O) groups excluding carboxylic acids is 1. The van der Waals surface area contributed by atoms with Crippen LogP contribution in [0.3, 0.4) is 0 Å². The second kappa shape index (κ2) is 7.46. The van der Waals surface area contributed by atoms with E-state index in [-0.39, 0.29) is 17.3 Å². The highest BCUT2D eigenvalue weighted by atomic mass is 19.1. The molecule has 0 radical (unpaired) electrons. The summed E-state index contributed by atoms with van der Waals surface area (Å²) in [5, 5.41) is 7.39. The first-order valence-electron chi connectivity index (χ1n) is 9.40. The van der Waals surface area contributed by atoms with Gasteiger partial charge in [0.15, 0.2) is 0 Å². The van der Waals surface area contributed by atoms with Gasteiger partial charge in [-0.3, -0.25) is 0 Å². The third-order valence-corrected chi connectivity index (χ3v) is 5.31. The number of benzene rings is 2. The van der Waals surface area contributed by atoms with Crippen LogP contribution in [0.15, 0.2) is 67.0 Å². The van der Waals surface area contributed by atoms with Crippen molar-refractivity contribution in [2.75, 3.05) is 13.6 Å². The van der Waals surface area contributed by atoms with Crippen molar-refractivity contribution in [2.24, 2.45) is 0 Å². The van der Waals surface area contributed by atoms with Crippen LogP contribution in [-0.4, -0.2) is 34.3 Å². The molecule has 1 aromatic heterocycles. The molecule has 0 aliphatic heterocycles. The average Bonchev–Trinajstić information content (AvgIpc) is 3.37. The van der Waals surface area contributed by atoms with Crippen LogP contribution in [0.2, 0.25) is 0 Å². The first-order chi connectivity index (χ1) is 13.6. The predicted octanol–water partition coefficient (Wildman–Crippen LogP) is 3.88. The Morgan fingerprint density at radius 2 is 1.89 bits per heavy atom. The van der Waals surface area contributed by atoms with Gasteiger partial charge in [-0.25, -0.2) is 13.9 Å². The molecule has 0 atom stereocenters. The third-order valence-electron chi connectivity index (χ3n) is 5.31. The minimum absolute atomic E-state index is 0.0532. The van der Waals surface area contributed by atoms with Crippen molar-refractivity contribution >= 4 is 6.03 Å². The van der Waals surface area contributed by atoms with Crippen molar-refractivity contribution in [1.29, 1.82) is 0 Å². The molecular weight excluding hydrogens is 355 g/mol. The second-order valence-electron chi connectivity index (χ2n) is 7.43. The van der Waals surface area contributed by atoms with Gasteiger partial charge in [0.1, 0.15) is 5.82 Å². The number of aromatic nitrogens is 2. The van der Waals surface area contributed by atoms with E-state index in [1.807, 2.05) is 48.7 Å². The summed E-state index contributed by atoms with van der Waals surface area (Å²) in [6.07, 6.45) is 5.72. The standard InChI is InChI=1S/C22H23FN4O/c1-26(14-17-13-25-27(15-17)20-5-3-2-4-6-20)21(28)24-16-22(11-12-22)18-7-9-19(23)10-8-18/h2-10,13,15H,11-12,14,16H2,1H3,(H,24,28). The van der Waals surface area contributed by atoms with Crippen molar-refractivity contribution in [2.45, 2.75) is 24.8 Å². The first-order valence-corrected chi connectivity index (χ1v) is 9.40. The lowest BCUT2D eigenvalue weighted by Gasteiger charge is -2.21. The molecule has 1 heterocycles. The number of nitrogens with zero attached hydrogens (tertiary/aromatic N) is 3. The molecule has 144 valence electrons. The number of hydrogen-bond donors (Lipinski definition) is 1. The maximum atomic E-state index is 13.1. The van der Waals surface area contributed by atoms with E-state index in [2.05, 4.69) is 10.4 Å². The smallest absolute Gasteiger partial charge is 0.317 e. The maximum absolute atomic E-state index is 13.1. The van der Waals surface area contributed by atoms with Crippen molar-refractivity contribution in [1.82, 2.24) is 20.0 Å². The highest BCUT2D eigenvalue weighted by molar-refractivity contribution is 5.74. The fourth-order valence-electron chi connectivity index (χ4n) is 3.41. The Hall–Kier alpha value is -3.15. The van der Waals surface area contributed by atoms with E-state index in [1.54, 1.807) is 22.8 Å². The largest absolute Gasteiger partial charge is 0.337 e. The molecule has 4 rings (SSSR count). The molecule has 5 nitrogen and oxygen atoms in total. The van der Waals surface area contributed by atoms with Crippen molar-refractivity contribution in [3.05, 3.63) is 83.9 Å². The number of halogens is 1. The van der Waals surface area contributed by atoms with Gasteiger partial charge in [-0.05, 0) is 42.7 Å². The first kappa shape index (κ1) is 18.2. The van der Waals surface area contributed by atoms with Gasteiger partial charge in [-0.2, -0.15) is 5.10 Å². The van der Waals surface area contributed by atoms with Gasteiger partial charge in [0.25, 0.3) is 0 Å². The summed E-state index contributed by atoms with van der Waals surface area (Å²) >= 11 is 0. The van der Waals surface area contributed by atoms with E-state index in [0.717, 1.165) is 29.7 Å². The molecule has 0 unspecified atom stereocenters. The van der Waals surface area contributed by atoms with E-state index in [9.17, 15) is 9.18 Å². The Morgan fingerprint density at radius 1 is 1.18 bits per heavy atom. The lowest BCUT2D eigenvalue weighted by atomic mass is 9.96. The zero-order valence-electron chi connectivity index (χ0n) is 15.8. The third kappa shape index (κ3) is 3.91. The Kier molecular flexibility index (Phi) is 4.86. The number of para-hydroxylation sites is 1.